The van der Waals surface area contributed by atoms with Gasteiger partial charge in [0.05, 0.1) is 50.9 Å². The molecule has 0 radical (unpaired) electrons. The number of ether oxygens (including phenoxy) is 2. The van der Waals surface area contributed by atoms with E-state index >= 15 is 0 Å². The van der Waals surface area contributed by atoms with E-state index in [2.05, 4.69) is 88.7 Å². The van der Waals surface area contributed by atoms with Crippen molar-refractivity contribution in [3.63, 3.8) is 0 Å². The Kier molecular flexibility index (Phi) is 24.9. The monoisotopic (exact) mass is 794 g/mol. The van der Waals surface area contributed by atoms with E-state index < -0.39 is 0 Å². The first-order valence-corrected chi connectivity index (χ1v) is 19.7. The summed E-state index contributed by atoms with van der Waals surface area (Å²) in [5.41, 5.74) is 2.18. The Balaban J connectivity index is 0.000000563. The van der Waals surface area contributed by atoms with Crippen LogP contribution in [-0.2, 0) is 43.6 Å². The molecule has 0 aromatic heterocycles. The second kappa shape index (κ2) is 27.9. The smallest absolute Gasteiger partial charge is 0.377 e. The van der Waals surface area contributed by atoms with E-state index in [0.717, 1.165) is 11.4 Å². The Morgan fingerprint density at radius 3 is 1.19 bits per heavy atom. The number of hydrogen-bond acceptors (Lipinski definition) is 6. The molecule has 2 aromatic carbocycles. The Morgan fingerprint density at radius 2 is 0.904 bits per heavy atom. The van der Waals surface area contributed by atoms with Crippen molar-refractivity contribution >= 4 is 23.8 Å². The molecule has 0 N–H and O–H groups in total. The number of benzene rings is 2. The van der Waals surface area contributed by atoms with Crippen molar-refractivity contribution in [3.8, 4) is 0 Å². The van der Waals surface area contributed by atoms with Gasteiger partial charge < -0.3 is 33.1 Å². The minimum Gasteiger partial charge on any atom is -0.377 e. The third kappa shape index (κ3) is 18.1. The molecule has 4 aliphatic rings. The van der Waals surface area contributed by atoms with Gasteiger partial charge in [0.15, 0.2) is 0 Å². The molecule has 0 amide bonds. The summed E-state index contributed by atoms with van der Waals surface area (Å²) < 4.78 is 11.8. The van der Waals surface area contributed by atoms with Crippen molar-refractivity contribution in [3.05, 3.63) is 84.3 Å². The van der Waals surface area contributed by atoms with Gasteiger partial charge in [-0.2, -0.15) is 76.4 Å². The van der Waals surface area contributed by atoms with E-state index in [1.165, 1.54) is 89.9 Å². The van der Waals surface area contributed by atoms with Gasteiger partial charge in [-0.1, -0.05) is 87.8 Å². The first kappa shape index (κ1) is 46.5. The summed E-state index contributed by atoms with van der Waals surface area (Å²) in [7, 11) is 0. The predicted molar refractivity (Wildman–Crippen MR) is 213 cm³/mol. The summed E-state index contributed by atoms with van der Waals surface area (Å²) in [6.07, 6.45) is 23.0. The van der Waals surface area contributed by atoms with Crippen LogP contribution < -0.4 is 10.0 Å². The fraction of sp³-hybridized carbons (Fsp3) is 0.591. The van der Waals surface area contributed by atoms with Gasteiger partial charge in [0.2, 0.25) is 0 Å². The molecule has 0 spiro atoms. The van der Waals surface area contributed by atoms with Crippen LogP contribution in [0.3, 0.4) is 0 Å². The first-order valence-electron chi connectivity index (χ1n) is 19.7. The molecule has 0 bridgehead atoms. The van der Waals surface area contributed by atoms with Gasteiger partial charge in [0, 0.05) is 0 Å². The molecule has 2 aromatic rings. The Hall–Kier alpha value is -1.66. The average molecular weight is 795 g/mol. The minimum absolute atomic E-state index is 0. The predicted octanol–water partition coefficient (Wildman–Crippen LogP) is 11.1. The van der Waals surface area contributed by atoms with E-state index in [1.807, 2.05) is 22.2 Å². The van der Waals surface area contributed by atoms with E-state index in [-0.39, 0.29) is 34.1 Å². The molecule has 0 saturated heterocycles. The van der Waals surface area contributed by atoms with Crippen molar-refractivity contribution in [2.75, 3.05) is 49.5 Å². The van der Waals surface area contributed by atoms with E-state index in [0.29, 0.717) is 51.4 Å². The first-order chi connectivity index (χ1) is 24.5. The molecule has 0 heterocycles. The molecule has 8 heteroatoms. The van der Waals surface area contributed by atoms with Gasteiger partial charge >= 0.3 is 34.1 Å². The van der Waals surface area contributed by atoms with Crippen LogP contribution in [0.1, 0.15) is 118 Å². The summed E-state index contributed by atoms with van der Waals surface area (Å²) in [4.78, 5) is 0. The summed E-state index contributed by atoms with van der Waals surface area (Å²) in [6.45, 7) is 12.8. The summed E-state index contributed by atoms with van der Waals surface area (Å²) >= 11 is 0. The van der Waals surface area contributed by atoms with Crippen LogP contribution in [0.25, 0.3) is 0 Å². The Morgan fingerprint density at radius 1 is 0.538 bits per heavy atom. The zero-order valence-corrected chi connectivity index (χ0v) is 34.7. The molecule has 0 aliphatic heterocycles. The largest absolute Gasteiger partial charge is 2.00 e. The number of hydrazone groups is 2. The number of para-hydroxylation sites is 2. The normalized spacial score (nSPS) is 21.0. The van der Waals surface area contributed by atoms with Gasteiger partial charge in [0.25, 0.3) is 0 Å². The minimum atomic E-state index is 0. The fourth-order valence-corrected chi connectivity index (χ4v) is 7.08. The molecule has 2 atom stereocenters. The molecule has 4 saturated carbocycles. The van der Waals surface area contributed by atoms with Crippen LogP contribution in [-0.4, -0.2) is 51.9 Å². The van der Waals surface area contributed by atoms with Crippen molar-refractivity contribution in [1.82, 2.24) is 0 Å². The molecule has 4 aliphatic carbocycles. The van der Waals surface area contributed by atoms with Crippen molar-refractivity contribution in [2.24, 2.45) is 22.0 Å². The zero-order valence-electron chi connectivity index (χ0n) is 32.5. The van der Waals surface area contributed by atoms with Gasteiger partial charge in [0.1, 0.15) is 0 Å². The maximum absolute atomic E-state index is 5.91. The molecule has 4 fully saturated rings. The van der Waals surface area contributed by atoms with Crippen LogP contribution >= 0.6 is 0 Å². The van der Waals surface area contributed by atoms with E-state index in [9.17, 15) is 0 Å². The molecule has 290 valence electrons. The Bertz CT molecular complexity index is 1100. The third-order valence-electron chi connectivity index (χ3n) is 10.5. The summed E-state index contributed by atoms with van der Waals surface area (Å²) in [5, 5.41) is 13.8. The standard InChI is InChI=1S/C32H44N4O2.2C6H11.2Fe/c1-27-11-9-13-29(27)25-33-35(31-15-5-3-6-16-31)19-21-37-23-24-38-22-20-36(32-17-7-4-8-18-32)34-26-30-14-10-12-28(30)2;2*1-6-4-2-3-5-6;;/h3-8,15-18,25-26,29-30H,9-14,19-24H2,1-2H3;2*2-5H2,1H3;;/q-2;2*-1;2*+2/b33-25+,34-26+;;;;. The second-order valence-electron chi connectivity index (χ2n) is 14.7. The van der Waals surface area contributed by atoms with Crippen LogP contribution in [0.2, 0.25) is 0 Å². The zero-order chi connectivity index (χ0) is 35.2. The quantitative estimate of drug-likeness (QED) is 0.0592. The van der Waals surface area contributed by atoms with Gasteiger partial charge in [-0.15, -0.1) is 11.8 Å². The maximum Gasteiger partial charge on any atom is 2.00 e. The summed E-state index contributed by atoms with van der Waals surface area (Å²) in [5.74, 6) is 7.48. The number of rotatable bonds is 15. The average Bonchev–Trinajstić information content (AvgIpc) is 3.98. The van der Waals surface area contributed by atoms with Crippen molar-refractivity contribution in [2.45, 2.75) is 118 Å². The Labute approximate surface area is 339 Å². The number of hydrogen-bond donors (Lipinski definition) is 0. The van der Waals surface area contributed by atoms with Crippen molar-refractivity contribution in [1.29, 1.82) is 0 Å². The second-order valence-corrected chi connectivity index (χ2v) is 14.7. The molecular formula is C44H66Fe2N4O2. The van der Waals surface area contributed by atoms with E-state index in [1.54, 1.807) is 23.7 Å². The van der Waals surface area contributed by atoms with Crippen LogP contribution in [0.4, 0.5) is 11.4 Å². The molecule has 6 nitrogen and oxygen atoms in total. The third-order valence-corrected chi connectivity index (χ3v) is 10.5. The van der Waals surface area contributed by atoms with Gasteiger partial charge in [-0.05, 0) is 36.7 Å². The number of anilines is 2. The van der Waals surface area contributed by atoms with Gasteiger partial charge in [-0.3, -0.25) is 10.0 Å². The number of nitrogens with zero attached hydrogens (tertiary/aromatic N) is 4. The van der Waals surface area contributed by atoms with Crippen molar-refractivity contribution < 1.29 is 43.6 Å². The molecule has 6 rings (SSSR count). The maximum atomic E-state index is 5.91. The topological polar surface area (TPSA) is 49.7 Å². The van der Waals surface area contributed by atoms with Crippen LogP contribution in [0.15, 0.2) is 70.9 Å². The molecule has 2 unspecified atom stereocenters. The van der Waals surface area contributed by atoms with E-state index in [4.69, 9.17) is 19.7 Å². The van der Waals surface area contributed by atoms with Crippen LogP contribution in [0.5, 0.6) is 0 Å². The molecule has 52 heavy (non-hydrogen) atoms. The van der Waals surface area contributed by atoms with Crippen LogP contribution in [0, 0.1) is 35.5 Å². The fourth-order valence-electron chi connectivity index (χ4n) is 7.08. The SMILES string of the molecule is C[C-]1CCCC1.C[C-]1CCCC1.C[C-]1CCCC1/C=N/N(CCOCCOCCN(/N=C/C1CCC[C-]1C)c1ccccc1)c1ccccc1.[Fe+2].[Fe+2]. The van der Waals surface area contributed by atoms with Gasteiger partial charge in [-0.25, -0.2) is 0 Å². The molecular weight excluding hydrogens is 728 g/mol. The summed E-state index contributed by atoms with van der Waals surface area (Å²) in [6, 6.07) is 20.7.